The molecule has 1 N–H and O–H groups in total. The van der Waals surface area contributed by atoms with Crippen LogP contribution in [0.2, 0.25) is 0 Å². The molecule has 18 heavy (non-hydrogen) atoms. The van der Waals surface area contributed by atoms with E-state index in [1.165, 1.54) is 0 Å². The summed E-state index contributed by atoms with van der Waals surface area (Å²) in [7, 11) is 1.78. The second kappa shape index (κ2) is 5.00. The SMILES string of the molecule is Cc1ccc(C(C)NC(=O)c2ccn(C)n2)cn1. The summed E-state index contributed by atoms with van der Waals surface area (Å²) in [6, 6.07) is 5.49. The second-order valence-electron chi connectivity index (χ2n) is 4.30. The van der Waals surface area contributed by atoms with Gasteiger partial charge in [-0.05, 0) is 31.5 Å². The summed E-state index contributed by atoms with van der Waals surface area (Å²) < 4.78 is 1.60. The second-order valence-corrected chi connectivity index (χ2v) is 4.30. The summed E-state index contributed by atoms with van der Waals surface area (Å²) in [6.45, 7) is 3.86. The fraction of sp³-hybridized carbons (Fsp3) is 0.308. The molecule has 0 saturated carbocycles. The first kappa shape index (κ1) is 12.3. The van der Waals surface area contributed by atoms with E-state index in [9.17, 15) is 4.79 Å². The van der Waals surface area contributed by atoms with Gasteiger partial charge in [0.1, 0.15) is 5.69 Å². The van der Waals surface area contributed by atoms with E-state index >= 15 is 0 Å². The highest BCUT2D eigenvalue weighted by Crippen LogP contribution is 2.11. The fourth-order valence-electron chi connectivity index (χ4n) is 1.63. The van der Waals surface area contributed by atoms with Crippen LogP contribution in [0.1, 0.15) is 34.7 Å². The zero-order valence-electron chi connectivity index (χ0n) is 10.7. The van der Waals surface area contributed by atoms with E-state index in [1.54, 1.807) is 30.2 Å². The van der Waals surface area contributed by atoms with Gasteiger partial charge in [-0.3, -0.25) is 14.5 Å². The molecule has 2 rings (SSSR count). The van der Waals surface area contributed by atoms with E-state index in [1.807, 2.05) is 26.0 Å². The molecule has 94 valence electrons. The zero-order valence-corrected chi connectivity index (χ0v) is 10.7. The highest BCUT2D eigenvalue weighted by molar-refractivity contribution is 5.92. The third-order valence-corrected chi connectivity index (χ3v) is 2.73. The van der Waals surface area contributed by atoms with Gasteiger partial charge in [0.15, 0.2) is 0 Å². The first-order chi connectivity index (χ1) is 8.56. The molecule has 5 heteroatoms. The topological polar surface area (TPSA) is 59.8 Å². The van der Waals surface area contributed by atoms with Crippen molar-refractivity contribution < 1.29 is 4.79 Å². The first-order valence-electron chi connectivity index (χ1n) is 5.79. The maximum Gasteiger partial charge on any atom is 0.272 e. The van der Waals surface area contributed by atoms with E-state index in [4.69, 9.17) is 0 Å². The number of aryl methyl sites for hydroxylation is 2. The Bertz CT molecular complexity index is 544. The molecule has 0 saturated heterocycles. The molecule has 2 heterocycles. The molecule has 1 unspecified atom stereocenters. The monoisotopic (exact) mass is 244 g/mol. The van der Waals surface area contributed by atoms with E-state index in [2.05, 4.69) is 15.4 Å². The van der Waals surface area contributed by atoms with Crippen LogP contribution in [0.15, 0.2) is 30.6 Å². The van der Waals surface area contributed by atoms with Crippen molar-refractivity contribution in [3.05, 3.63) is 47.5 Å². The minimum atomic E-state index is -0.177. The van der Waals surface area contributed by atoms with Gasteiger partial charge in [0.05, 0.1) is 6.04 Å². The summed E-state index contributed by atoms with van der Waals surface area (Å²) >= 11 is 0. The molecule has 1 atom stereocenters. The molecular weight excluding hydrogens is 228 g/mol. The van der Waals surface area contributed by atoms with Crippen LogP contribution in [0, 0.1) is 6.92 Å². The van der Waals surface area contributed by atoms with Gasteiger partial charge in [0.25, 0.3) is 5.91 Å². The molecule has 1 amide bonds. The van der Waals surface area contributed by atoms with Crippen molar-refractivity contribution in [3.63, 3.8) is 0 Å². The first-order valence-corrected chi connectivity index (χ1v) is 5.79. The fourth-order valence-corrected chi connectivity index (χ4v) is 1.63. The van der Waals surface area contributed by atoms with Gasteiger partial charge < -0.3 is 5.32 Å². The Morgan fingerprint density at radius 3 is 2.72 bits per heavy atom. The third kappa shape index (κ3) is 2.74. The van der Waals surface area contributed by atoms with Crippen molar-refractivity contribution in [3.8, 4) is 0 Å². The van der Waals surface area contributed by atoms with E-state index < -0.39 is 0 Å². The number of aromatic nitrogens is 3. The lowest BCUT2D eigenvalue weighted by atomic mass is 10.1. The number of hydrogen-bond acceptors (Lipinski definition) is 3. The smallest absolute Gasteiger partial charge is 0.272 e. The molecule has 0 aliphatic carbocycles. The number of rotatable bonds is 3. The van der Waals surface area contributed by atoms with Crippen molar-refractivity contribution in [1.29, 1.82) is 0 Å². The average Bonchev–Trinajstić information content (AvgIpc) is 2.76. The van der Waals surface area contributed by atoms with E-state index in [-0.39, 0.29) is 11.9 Å². The highest BCUT2D eigenvalue weighted by Gasteiger charge is 2.13. The minimum absolute atomic E-state index is 0.0902. The van der Waals surface area contributed by atoms with Gasteiger partial charge in [-0.25, -0.2) is 0 Å². The summed E-state index contributed by atoms with van der Waals surface area (Å²) in [5.74, 6) is -0.177. The highest BCUT2D eigenvalue weighted by atomic mass is 16.2. The standard InChI is InChI=1S/C13H16N4O/c1-9-4-5-11(8-14-9)10(2)15-13(18)12-6-7-17(3)16-12/h4-8,10H,1-3H3,(H,15,18). The van der Waals surface area contributed by atoms with Crippen LogP contribution in [-0.2, 0) is 7.05 Å². The lowest BCUT2D eigenvalue weighted by Crippen LogP contribution is -2.27. The largest absolute Gasteiger partial charge is 0.344 e. The lowest BCUT2D eigenvalue weighted by Gasteiger charge is -2.13. The average molecular weight is 244 g/mol. The van der Waals surface area contributed by atoms with Crippen molar-refractivity contribution in [1.82, 2.24) is 20.1 Å². The van der Waals surface area contributed by atoms with E-state index in [0.717, 1.165) is 11.3 Å². The van der Waals surface area contributed by atoms with Crippen LogP contribution in [0.4, 0.5) is 0 Å². The lowest BCUT2D eigenvalue weighted by molar-refractivity contribution is 0.0934. The summed E-state index contributed by atoms with van der Waals surface area (Å²) in [5.41, 5.74) is 2.36. The molecule has 0 aliphatic heterocycles. The maximum atomic E-state index is 11.9. The van der Waals surface area contributed by atoms with Gasteiger partial charge in [0.2, 0.25) is 0 Å². The molecule has 0 bridgehead atoms. The maximum absolute atomic E-state index is 11.9. The van der Waals surface area contributed by atoms with Crippen LogP contribution in [0.3, 0.4) is 0 Å². The molecule has 5 nitrogen and oxygen atoms in total. The number of hydrogen-bond donors (Lipinski definition) is 1. The molecule has 2 aromatic rings. The predicted molar refractivity (Wildman–Crippen MR) is 68.1 cm³/mol. The molecule has 0 aromatic carbocycles. The van der Waals surface area contributed by atoms with Gasteiger partial charge in [-0.2, -0.15) is 5.10 Å². The number of nitrogens with zero attached hydrogens (tertiary/aromatic N) is 3. The number of nitrogens with one attached hydrogen (secondary N) is 1. The van der Waals surface area contributed by atoms with Crippen molar-refractivity contribution in [2.75, 3.05) is 0 Å². The Kier molecular flexibility index (Phi) is 3.41. The zero-order chi connectivity index (χ0) is 13.1. The van der Waals surface area contributed by atoms with Crippen LogP contribution < -0.4 is 5.32 Å². The van der Waals surface area contributed by atoms with Gasteiger partial charge in [0, 0.05) is 25.1 Å². The van der Waals surface area contributed by atoms with Gasteiger partial charge >= 0.3 is 0 Å². The third-order valence-electron chi connectivity index (χ3n) is 2.73. The number of amides is 1. The molecule has 0 aliphatic rings. The summed E-state index contributed by atoms with van der Waals surface area (Å²) in [5, 5.41) is 6.95. The van der Waals surface area contributed by atoms with Crippen LogP contribution in [0.25, 0.3) is 0 Å². The molecule has 0 radical (unpaired) electrons. The minimum Gasteiger partial charge on any atom is -0.344 e. The Hall–Kier alpha value is -2.17. The summed E-state index contributed by atoms with van der Waals surface area (Å²) in [4.78, 5) is 16.1. The van der Waals surface area contributed by atoms with Gasteiger partial charge in [-0.15, -0.1) is 0 Å². The van der Waals surface area contributed by atoms with Crippen LogP contribution >= 0.6 is 0 Å². The Morgan fingerprint density at radius 2 is 2.17 bits per heavy atom. The number of pyridine rings is 1. The molecule has 0 fully saturated rings. The van der Waals surface area contributed by atoms with Crippen molar-refractivity contribution in [2.45, 2.75) is 19.9 Å². The number of carbonyl (C=O) groups excluding carboxylic acids is 1. The Balaban J connectivity index is 2.05. The molecular formula is C13H16N4O. The van der Waals surface area contributed by atoms with E-state index in [0.29, 0.717) is 5.69 Å². The molecule has 2 aromatic heterocycles. The van der Waals surface area contributed by atoms with Gasteiger partial charge in [-0.1, -0.05) is 6.07 Å². The van der Waals surface area contributed by atoms with Crippen LogP contribution in [0.5, 0.6) is 0 Å². The molecule has 0 spiro atoms. The predicted octanol–water partition coefficient (Wildman–Crippen LogP) is 1.61. The summed E-state index contributed by atoms with van der Waals surface area (Å²) in [6.07, 6.45) is 3.52. The Morgan fingerprint density at radius 1 is 1.39 bits per heavy atom. The van der Waals surface area contributed by atoms with Crippen molar-refractivity contribution in [2.24, 2.45) is 7.05 Å². The number of carbonyl (C=O) groups is 1. The normalized spacial score (nSPS) is 12.2. The van der Waals surface area contributed by atoms with Crippen molar-refractivity contribution >= 4 is 5.91 Å². The Labute approximate surface area is 106 Å². The quantitative estimate of drug-likeness (QED) is 0.892. The van der Waals surface area contributed by atoms with Crippen LogP contribution in [-0.4, -0.2) is 20.7 Å².